The van der Waals surface area contributed by atoms with Crippen molar-refractivity contribution in [3.05, 3.63) is 65.7 Å². The molecule has 6 nitrogen and oxygen atoms in total. The molecule has 0 aliphatic carbocycles. The molecule has 1 saturated heterocycles. The highest BCUT2D eigenvalue weighted by Gasteiger charge is 2.29. The van der Waals surface area contributed by atoms with Gasteiger partial charge in [-0.3, -0.25) is 4.79 Å². The molecule has 1 aromatic heterocycles. The Labute approximate surface area is 164 Å². The Morgan fingerprint density at radius 1 is 0.964 bits per heavy atom. The van der Waals surface area contributed by atoms with Crippen LogP contribution in [0.3, 0.4) is 0 Å². The fourth-order valence-corrected chi connectivity index (χ4v) is 4.88. The van der Waals surface area contributed by atoms with E-state index < -0.39 is 10.0 Å². The predicted octanol–water partition coefficient (Wildman–Crippen LogP) is 2.87. The Morgan fingerprint density at radius 3 is 2.32 bits per heavy atom. The molecule has 0 spiro atoms. The van der Waals surface area contributed by atoms with E-state index in [9.17, 15) is 13.2 Å². The summed E-state index contributed by atoms with van der Waals surface area (Å²) in [4.78, 5) is 18.5. The zero-order valence-corrected chi connectivity index (χ0v) is 16.4. The molecule has 2 heterocycles. The van der Waals surface area contributed by atoms with Gasteiger partial charge < -0.3 is 4.90 Å². The number of rotatable bonds is 4. The summed E-state index contributed by atoms with van der Waals surface area (Å²) >= 11 is 0. The molecule has 0 amide bonds. The number of piperazine rings is 1. The van der Waals surface area contributed by atoms with Crippen LogP contribution in [0.4, 0.5) is 5.82 Å². The number of fused-ring (bicyclic) bond motifs is 1. The van der Waals surface area contributed by atoms with Crippen LogP contribution >= 0.6 is 0 Å². The molecule has 0 unspecified atom stereocenters. The molecule has 0 bridgehead atoms. The Balaban J connectivity index is 1.56. The Kier molecular flexibility index (Phi) is 4.87. The van der Waals surface area contributed by atoms with Crippen molar-refractivity contribution in [3.8, 4) is 0 Å². The lowest BCUT2D eigenvalue weighted by Gasteiger charge is -2.35. The van der Waals surface area contributed by atoms with Crippen LogP contribution in [0.1, 0.15) is 15.9 Å². The summed E-state index contributed by atoms with van der Waals surface area (Å²) < 4.78 is 27.2. The van der Waals surface area contributed by atoms with Crippen molar-refractivity contribution < 1.29 is 13.2 Å². The van der Waals surface area contributed by atoms with Gasteiger partial charge in [0.2, 0.25) is 10.0 Å². The minimum atomic E-state index is -3.52. The number of benzene rings is 2. The van der Waals surface area contributed by atoms with Gasteiger partial charge in [-0.2, -0.15) is 4.31 Å². The average Bonchev–Trinajstić information content (AvgIpc) is 2.73. The first-order valence-electron chi connectivity index (χ1n) is 9.16. The number of para-hydroxylation sites is 1. The SMILES string of the molecule is Cc1ccc(S(=O)(=O)N2CCN(c3nc4ccccc4cc3C=O)CC2)cc1. The average molecular weight is 395 g/mol. The molecule has 0 N–H and O–H groups in total. The highest BCUT2D eigenvalue weighted by atomic mass is 32.2. The predicted molar refractivity (Wildman–Crippen MR) is 109 cm³/mol. The molecule has 3 aromatic rings. The normalized spacial score (nSPS) is 15.7. The van der Waals surface area contributed by atoms with Gasteiger partial charge in [-0.15, -0.1) is 0 Å². The second-order valence-electron chi connectivity index (χ2n) is 6.92. The third-order valence-corrected chi connectivity index (χ3v) is 6.97. The molecule has 1 fully saturated rings. The highest BCUT2D eigenvalue weighted by molar-refractivity contribution is 7.89. The number of sulfonamides is 1. The van der Waals surface area contributed by atoms with Gasteiger partial charge in [-0.1, -0.05) is 35.9 Å². The van der Waals surface area contributed by atoms with Crippen molar-refractivity contribution in [2.24, 2.45) is 0 Å². The van der Waals surface area contributed by atoms with Crippen molar-refractivity contribution in [2.45, 2.75) is 11.8 Å². The number of pyridine rings is 1. The van der Waals surface area contributed by atoms with Crippen LogP contribution in [-0.4, -0.2) is 50.2 Å². The number of aromatic nitrogens is 1. The Bertz CT molecular complexity index is 1120. The van der Waals surface area contributed by atoms with Gasteiger partial charge in [0.25, 0.3) is 0 Å². The number of aryl methyl sites for hydroxylation is 1. The fraction of sp³-hybridized carbons (Fsp3) is 0.238. The lowest BCUT2D eigenvalue weighted by Crippen LogP contribution is -2.49. The van der Waals surface area contributed by atoms with Gasteiger partial charge in [0.1, 0.15) is 5.82 Å². The number of hydrogen-bond acceptors (Lipinski definition) is 5. The zero-order valence-electron chi connectivity index (χ0n) is 15.6. The molecule has 28 heavy (non-hydrogen) atoms. The van der Waals surface area contributed by atoms with Crippen LogP contribution in [0.2, 0.25) is 0 Å². The fourth-order valence-electron chi connectivity index (χ4n) is 3.46. The quantitative estimate of drug-likeness (QED) is 0.636. The number of hydrogen-bond donors (Lipinski definition) is 0. The van der Waals surface area contributed by atoms with Gasteiger partial charge in [-0.05, 0) is 31.2 Å². The van der Waals surface area contributed by atoms with E-state index in [2.05, 4.69) is 4.98 Å². The molecule has 1 aliphatic heterocycles. The third-order valence-electron chi connectivity index (χ3n) is 5.06. The second kappa shape index (κ2) is 7.33. The van der Waals surface area contributed by atoms with E-state index in [0.29, 0.717) is 42.5 Å². The monoisotopic (exact) mass is 395 g/mol. The van der Waals surface area contributed by atoms with Crippen LogP contribution in [0.25, 0.3) is 10.9 Å². The summed E-state index contributed by atoms with van der Waals surface area (Å²) in [7, 11) is -3.52. The number of carbonyl (C=O) groups is 1. The lowest BCUT2D eigenvalue weighted by molar-refractivity contribution is 0.112. The molecule has 1 aliphatic rings. The molecular weight excluding hydrogens is 374 g/mol. The van der Waals surface area contributed by atoms with Crippen molar-refractivity contribution in [1.82, 2.24) is 9.29 Å². The van der Waals surface area contributed by atoms with E-state index in [1.165, 1.54) is 4.31 Å². The zero-order chi connectivity index (χ0) is 19.7. The number of anilines is 1. The van der Waals surface area contributed by atoms with Gasteiger partial charge in [0.15, 0.2) is 6.29 Å². The van der Waals surface area contributed by atoms with Crippen molar-refractivity contribution in [1.29, 1.82) is 0 Å². The van der Waals surface area contributed by atoms with Crippen LogP contribution in [0, 0.1) is 6.92 Å². The first-order chi connectivity index (χ1) is 13.5. The van der Waals surface area contributed by atoms with Crippen LogP contribution in [0.15, 0.2) is 59.5 Å². The summed E-state index contributed by atoms with van der Waals surface area (Å²) in [5.74, 6) is 0.612. The maximum absolute atomic E-state index is 12.9. The Morgan fingerprint density at radius 2 is 1.64 bits per heavy atom. The standard InChI is InChI=1S/C21H21N3O3S/c1-16-6-8-19(9-7-16)28(26,27)24-12-10-23(11-13-24)21-18(15-25)14-17-4-2-3-5-20(17)22-21/h2-9,14-15H,10-13H2,1H3. The van der Waals surface area contributed by atoms with Crippen molar-refractivity contribution in [3.63, 3.8) is 0 Å². The minimum absolute atomic E-state index is 0.309. The number of aldehydes is 1. The van der Waals surface area contributed by atoms with E-state index in [1.54, 1.807) is 24.3 Å². The second-order valence-corrected chi connectivity index (χ2v) is 8.85. The first-order valence-corrected chi connectivity index (χ1v) is 10.6. The van der Waals surface area contributed by atoms with E-state index in [4.69, 9.17) is 0 Å². The van der Waals surface area contributed by atoms with E-state index in [1.807, 2.05) is 42.2 Å². The van der Waals surface area contributed by atoms with Crippen molar-refractivity contribution >= 4 is 33.0 Å². The Hall–Kier alpha value is -2.77. The third kappa shape index (κ3) is 3.39. The minimum Gasteiger partial charge on any atom is -0.353 e. The maximum atomic E-state index is 12.9. The van der Waals surface area contributed by atoms with Crippen molar-refractivity contribution in [2.75, 3.05) is 31.1 Å². The summed E-state index contributed by atoms with van der Waals surface area (Å²) in [5.41, 5.74) is 2.36. The highest BCUT2D eigenvalue weighted by Crippen LogP contribution is 2.25. The smallest absolute Gasteiger partial charge is 0.243 e. The first kappa shape index (κ1) is 18.6. The van der Waals surface area contributed by atoms with Crippen LogP contribution in [0.5, 0.6) is 0 Å². The topological polar surface area (TPSA) is 70.6 Å². The molecule has 2 aromatic carbocycles. The van der Waals surface area contributed by atoms with Gasteiger partial charge in [-0.25, -0.2) is 13.4 Å². The van der Waals surface area contributed by atoms with Gasteiger partial charge >= 0.3 is 0 Å². The van der Waals surface area contributed by atoms with E-state index >= 15 is 0 Å². The summed E-state index contributed by atoms with van der Waals surface area (Å²) in [6.45, 7) is 3.59. The van der Waals surface area contributed by atoms with Crippen LogP contribution < -0.4 is 4.90 Å². The number of nitrogens with zero attached hydrogens (tertiary/aromatic N) is 3. The summed E-state index contributed by atoms with van der Waals surface area (Å²) in [5, 5.41) is 0.911. The van der Waals surface area contributed by atoms with Crippen LogP contribution in [-0.2, 0) is 10.0 Å². The largest absolute Gasteiger partial charge is 0.353 e. The molecule has 7 heteroatoms. The molecule has 0 saturated carbocycles. The van der Waals surface area contributed by atoms with Gasteiger partial charge in [0.05, 0.1) is 16.0 Å². The number of carbonyl (C=O) groups excluding carboxylic acids is 1. The molecule has 144 valence electrons. The molecule has 0 radical (unpaired) electrons. The van der Waals surface area contributed by atoms with E-state index in [-0.39, 0.29) is 0 Å². The van der Waals surface area contributed by atoms with Gasteiger partial charge in [0, 0.05) is 31.6 Å². The molecule has 0 atom stereocenters. The lowest BCUT2D eigenvalue weighted by atomic mass is 10.1. The van der Waals surface area contributed by atoms with E-state index in [0.717, 1.165) is 22.8 Å². The summed E-state index contributed by atoms with van der Waals surface area (Å²) in [6, 6.07) is 16.4. The summed E-state index contributed by atoms with van der Waals surface area (Å²) in [6.07, 6.45) is 0.810. The molecular formula is C21H21N3O3S. The maximum Gasteiger partial charge on any atom is 0.243 e. The molecule has 4 rings (SSSR count).